The molecule has 1 N–H and O–H groups in total. The van der Waals surface area contributed by atoms with Gasteiger partial charge in [-0.1, -0.05) is 0 Å². The number of hydrogen-bond donors (Lipinski definition) is 1. The average molecular weight is 292 g/mol. The Balaban J connectivity index is 1.76. The van der Waals surface area contributed by atoms with Gasteiger partial charge < -0.3 is 10.1 Å². The van der Waals surface area contributed by atoms with Crippen molar-refractivity contribution in [3.63, 3.8) is 0 Å². The number of carbonyl (C=O) groups is 1. The Hall–Kier alpha value is -1.50. The molecule has 1 fully saturated rings. The number of rotatable bonds is 6. The van der Waals surface area contributed by atoms with Crippen molar-refractivity contribution in [2.45, 2.75) is 6.54 Å². The molecule has 0 bridgehead atoms. The van der Waals surface area contributed by atoms with Crippen molar-refractivity contribution in [2.75, 3.05) is 53.4 Å². The SMILES string of the molecule is COC(=O)c1ccc(CN(C)CCN2CCNCC2)nc1. The summed E-state index contributed by atoms with van der Waals surface area (Å²) in [4.78, 5) is 20.4. The molecule has 0 radical (unpaired) electrons. The van der Waals surface area contributed by atoms with Gasteiger partial charge in [0.25, 0.3) is 0 Å². The van der Waals surface area contributed by atoms with E-state index in [-0.39, 0.29) is 5.97 Å². The third-order valence-electron chi connectivity index (χ3n) is 3.69. The summed E-state index contributed by atoms with van der Waals surface area (Å²) in [5.41, 5.74) is 1.45. The summed E-state index contributed by atoms with van der Waals surface area (Å²) < 4.78 is 4.66. The Morgan fingerprint density at radius 2 is 2.19 bits per heavy atom. The number of piperazine rings is 1. The number of carbonyl (C=O) groups excluding carboxylic acids is 1. The first-order chi connectivity index (χ1) is 10.2. The molecule has 2 heterocycles. The normalized spacial score (nSPS) is 16.1. The maximum atomic E-state index is 11.3. The van der Waals surface area contributed by atoms with Gasteiger partial charge >= 0.3 is 5.97 Å². The van der Waals surface area contributed by atoms with Crippen LogP contribution in [0.4, 0.5) is 0 Å². The van der Waals surface area contributed by atoms with E-state index in [0.717, 1.165) is 51.5 Å². The molecular weight excluding hydrogens is 268 g/mol. The molecular formula is C15H24N4O2. The summed E-state index contributed by atoms with van der Waals surface area (Å²) in [6, 6.07) is 3.64. The maximum absolute atomic E-state index is 11.3. The first kappa shape index (κ1) is 15.9. The molecule has 21 heavy (non-hydrogen) atoms. The van der Waals surface area contributed by atoms with Crippen molar-refractivity contribution >= 4 is 5.97 Å². The Kier molecular flexibility index (Phi) is 6.10. The second kappa shape index (κ2) is 8.07. The molecule has 6 nitrogen and oxygen atoms in total. The van der Waals surface area contributed by atoms with Crippen LogP contribution in [-0.2, 0) is 11.3 Å². The lowest BCUT2D eigenvalue weighted by Crippen LogP contribution is -2.45. The minimum absolute atomic E-state index is 0.346. The number of nitrogens with one attached hydrogen (secondary N) is 1. The van der Waals surface area contributed by atoms with Gasteiger partial charge in [-0.3, -0.25) is 14.8 Å². The zero-order valence-electron chi connectivity index (χ0n) is 12.8. The van der Waals surface area contributed by atoms with Crippen LogP contribution in [0.25, 0.3) is 0 Å². The van der Waals surface area contributed by atoms with Crippen LogP contribution in [0.15, 0.2) is 18.3 Å². The lowest BCUT2D eigenvalue weighted by atomic mass is 10.2. The molecule has 0 spiro atoms. The first-order valence-corrected chi connectivity index (χ1v) is 7.34. The molecule has 1 aliphatic rings. The minimum Gasteiger partial charge on any atom is -0.465 e. The monoisotopic (exact) mass is 292 g/mol. The summed E-state index contributed by atoms with van der Waals surface area (Å²) >= 11 is 0. The van der Waals surface area contributed by atoms with Gasteiger partial charge in [-0.25, -0.2) is 4.79 Å². The fraction of sp³-hybridized carbons (Fsp3) is 0.600. The minimum atomic E-state index is -0.346. The lowest BCUT2D eigenvalue weighted by molar-refractivity contribution is 0.0600. The molecule has 2 rings (SSSR count). The highest BCUT2D eigenvalue weighted by Crippen LogP contribution is 2.04. The van der Waals surface area contributed by atoms with E-state index in [9.17, 15) is 4.79 Å². The molecule has 1 aromatic heterocycles. The van der Waals surface area contributed by atoms with Crippen molar-refractivity contribution in [3.8, 4) is 0 Å². The Labute approximate surface area is 126 Å². The quantitative estimate of drug-likeness (QED) is 0.756. The largest absolute Gasteiger partial charge is 0.465 e. The number of hydrogen-bond acceptors (Lipinski definition) is 6. The Bertz CT molecular complexity index is 443. The zero-order chi connectivity index (χ0) is 15.1. The van der Waals surface area contributed by atoms with Crippen molar-refractivity contribution in [2.24, 2.45) is 0 Å². The van der Waals surface area contributed by atoms with E-state index in [0.29, 0.717) is 5.56 Å². The van der Waals surface area contributed by atoms with Crippen LogP contribution in [0.2, 0.25) is 0 Å². The summed E-state index contributed by atoms with van der Waals surface area (Å²) in [5.74, 6) is -0.346. The molecule has 0 unspecified atom stereocenters. The maximum Gasteiger partial charge on any atom is 0.339 e. The molecule has 1 aromatic rings. The Morgan fingerprint density at radius 1 is 1.43 bits per heavy atom. The smallest absolute Gasteiger partial charge is 0.339 e. The lowest BCUT2D eigenvalue weighted by Gasteiger charge is -2.29. The fourth-order valence-electron chi connectivity index (χ4n) is 2.36. The van der Waals surface area contributed by atoms with E-state index < -0.39 is 0 Å². The summed E-state index contributed by atoms with van der Waals surface area (Å²) in [5, 5.41) is 3.36. The predicted octanol–water partition coefficient (Wildman–Crippen LogP) is 0.205. The second-order valence-corrected chi connectivity index (χ2v) is 5.36. The number of esters is 1. The number of pyridine rings is 1. The highest BCUT2D eigenvalue weighted by molar-refractivity contribution is 5.88. The standard InChI is InChI=1S/C15H24N4O2/c1-18(9-10-19-7-5-16-6-8-19)12-14-4-3-13(11-17-14)15(20)21-2/h3-4,11,16H,5-10,12H2,1-2H3. The van der Waals surface area contributed by atoms with Gasteiger partial charge in [0.05, 0.1) is 18.4 Å². The molecule has 6 heteroatoms. The molecule has 0 saturated carbocycles. The number of aromatic nitrogens is 1. The second-order valence-electron chi connectivity index (χ2n) is 5.36. The number of methoxy groups -OCH3 is 1. The van der Waals surface area contributed by atoms with Crippen LogP contribution in [0, 0.1) is 0 Å². The van der Waals surface area contributed by atoms with Crippen LogP contribution in [0.5, 0.6) is 0 Å². The van der Waals surface area contributed by atoms with Crippen molar-refractivity contribution in [3.05, 3.63) is 29.6 Å². The summed E-state index contributed by atoms with van der Waals surface area (Å²) in [7, 11) is 3.47. The van der Waals surface area contributed by atoms with E-state index in [2.05, 4.69) is 31.9 Å². The number of nitrogens with zero attached hydrogens (tertiary/aromatic N) is 3. The first-order valence-electron chi connectivity index (χ1n) is 7.34. The van der Waals surface area contributed by atoms with Gasteiger partial charge in [-0.15, -0.1) is 0 Å². The van der Waals surface area contributed by atoms with E-state index >= 15 is 0 Å². The van der Waals surface area contributed by atoms with Gasteiger partial charge in [0.15, 0.2) is 0 Å². The number of ether oxygens (including phenoxy) is 1. The molecule has 1 saturated heterocycles. The topological polar surface area (TPSA) is 57.7 Å². The van der Waals surface area contributed by atoms with Gasteiger partial charge in [-0.2, -0.15) is 0 Å². The van der Waals surface area contributed by atoms with Crippen LogP contribution in [0.3, 0.4) is 0 Å². The van der Waals surface area contributed by atoms with Crippen molar-refractivity contribution in [1.29, 1.82) is 0 Å². The highest BCUT2D eigenvalue weighted by Gasteiger charge is 2.11. The molecule has 0 aliphatic carbocycles. The third kappa shape index (κ3) is 5.08. The van der Waals surface area contributed by atoms with E-state index in [1.165, 1.54) is 7.11 Å². The van der Waals surface area contributed by atoms with Crippen LogP contribution < -0.4 is 5.32 Å². The Morgan fingerprint density at radius 3 is 2.81 bits per heavy atom. The molecule has 1 aliphatic heterocycles. The molecule has 0 atom stereocenters. The molecule has 116 valence electrons. The summed E-state index contributed by atoms with van der Waals surface area (Å²) in [6.45, 7) is 7.30. The van der Waals surface area contributed by atoms with Gasteiger partial charge in [0, 0.05) is 52.0 Å². The van der Waals surface area contributed by atoms with Crippen LogP contribution in [-0.4, -0.2) is 74.2 Å². The highest BCUT2D eigenvalue weighted by atomic mass is 16.5. The fourth-order valence-corrected chi connectivity index (χ4v) is 2.36. The zero-order valence-corrected chi connectivity index (χ0v) is 12.8. The van der Waals surface area contributed by atoms with Gasteiger partial charge in [-0.05, 0) is 19.2 Å². The van der Waals surface area contributed by atoms with Gasteiger partial charge in [0.2, 0.25) is 0 Å². The van der Waals surface area contributed by atoms with Crippen LogP contribution in [0.1, 0.15) is 16.1 Å². The van der Waals surface area contributed by atoms with E-state index in [1.54, 1.807) is 12.3 Å². The van der Waals surface area contributed by atoms with Crippen LogP contribution >= 0.6 is 0 Å². The third-order valence-corrected chi connectivity index (χ3v) is 3.69. The summed E-state index contributed by atoms with van der Waals surface area (Å²) in [6.07, 6.45) is 1.57. The molecule has 0 aromatic carbocycles. The van der Waals surface area contributed by atoms with Crippen molar-refractivity contribution in [1.82, 2.24) is 20.1 Å². The predicted molar refractivity (Wildman–Crippen MR) is 81.2 cm³/mol. The van der Waals surface area contributed by atoms with E-state index in [4.69, 9.17) is 0 Å². The van der Waals surface area contributed by atoms with Gasteiger partial charge in [0.1, 0.15) is 0 Å². The number of likely N-dealkylation sites (N-methyl/N-ethyl adjacent to an activating group) is 1. The molecule has 0 amide bonds. The average Bonchev–Trinajstić information content (AvgIpc) is 2.54. The van der Waals surface area contributed by atoms with E-state index in [1.807, 2.05) is 6.07 Å². The van der Waals surface area contributed by atoms with Crippen molar-refractivity contribution < 1.29 is 9.53 Å².